The van der Waals surface area contributed by atoms with E-state index in [1.54, 1.807) is 7.11 Å². The maximum absolute atomic E-state index is 12.4. The van der Waals surface area contributed by atoms with Crippen LogP contribution in [0.15, 0.2) is 48.5 Å². The molecule has 0 aromatic heterocycles. The van der Waals surface area contributed by atoms with Gasteiger partial charge < -0.3 is 24.4 Å². The van der Waals surface area contributed by atoms with E-state index in [-0.39, 0.29) is 11.9 Å². The van der Waals surface area contributed by atoms with Crippen molar-refractivity contribution in [3.05, 3.63) is 54.1 Å². The molecule has 1 aliphatic rings. The minimum absolute atomic E-state index is 0.126. The van der Waals surface area contributed by atoms with E-state index < -0.39 is 0 Å². The Morgan fingerprint density at radius 1 is 1.10 bits per heavy atom. The Balaban J connectivity index is 1.42. The molecule has 1 N–H and O–H groups in total. The molecule has 1 aliphatic heterocycles. The summed E-state index contributed by atoms with van der Waals surface area (Å²) in [7, 11) is 1.67. The van der Waals surface area contributed by atoms with Gasteiger partial charge in [0.05, 0.1) is 33.5 Å². The van der Waals surface area contributed by atoms with Gasteiger partial charge in [-0.1, -0.05) is 31.5 Å². The summed E-state index contributed by atoms with van der Waals surface area (Å²) in [6.45, 7) is 5.10. The van der Waals surface area contributed by atoms with Crippen molar-refractivity contribution in [1.82, 2.24) is 5.32 Å². The number of nitrogens with one attached hydrogen (secondary N) is 1. The first-order valence-electron chi connectivity index (χ1n) is 10.7. The zero-order valence-corrected chi connectivity index (χ0v) is 17.9. The third kappa shape index (κ3) is 5.97. The number of methoxy groups -OCH3 is 1. The minimum Gasteiger partial charge on any atom is -0.496 e. The van der Waals surface area contributed by atoms with Gasteiger partial charge in [0.25, 0.3) is 0 Å². The van der Waals surface area contributed by atoms with E-state index in [1.165, 1.54) is 0 Å². The van der Waals surface area contributed by atoms with Gasteiger partial charge in [-0.05, 0) is 36.8 Å². The summed E-state index contributed by atoms with van der Waals surface area (Å²) in [6, 6.07) is 15.9. The number of piperazine rings is 1. The first-order valence-corrected chi connectivity index (χ1v) is 10.7. The van der Waals surface area contributed by atoms with Gasteiger partial charge in [-0.15, -0.1) is 0 Å². The highest BCUT2D eigenvalue weighted by molar-refractivity contribution is 5.96. The first kappa shape index (κ1) is 22.1. The summed E-state index contributed by atoms with van der Waals surface area (Å²) in [5.41, 5.74) is 1.98. The molecule has 0 saturated carbocycles. The predicted octanol–water partition coefficient (Wildman–Crippen LogP) is 3.79. The van der Waals surface area contributed by atoms with Crippen LogP contribution in [0.3, 0.4) is 0 Å². The van der Waals surface area contributed by atoms with Gasteiger partial charge in [0.15, 0.2) is 0 Å². The molecule has 2 aromatic rings. The largest absolute Gasteiger partial charge is 0.496 e. The molecular formula is C24H32N2O4. The van der Waals surface area contributed by atoms with Crippen molar-refractivity contribution in [3.63, 3.8) is 0 Å². The van der Waals surface area contributed by atoms with E-state index in [9.17, 15) is 4.79 Å². The van der Waals surface area contributed by atoms with Crippen molar-refractivity contribution in [2.45, 2.75) is 38.8 Å². The van der Waals surface area contributed by atoms with Crippen molar-refractivity contribution in [2.24, 2.45) is 0 Å². The van der Waals surface area contributed by atoms with Crippen LogP contribution in [0.1, 0.15) is 31.7 Å². The number of benzene rings is 2. The lowest BCUT2D eigenvalue weighted by molar-refractivity contribution is -0.119. The normalized spacial score (nSPS) is 16.5. The molecule has 0 spiro atoms. The second-order valence-corrected chi connectivity index (χ2v) is 7.40. The molecule has 6 heteroatoms. The monoisotopic (exact) mass is 412 g/mol. The molecule has 162 valence electrons. The van der Waals surface area contributed by atoms with Gasteiger partial charge in [-0.25, -0.2) is 0 Å². The fourth-order valence-electron chi connectivity index (χ4n) is 3.70. The number of nitrogens with zero attached hydrogens (tertiary/aromatic N) is 1. The first-order chi connectivity index (χ1) is 14.7. The summed E-state index contributed by atoms with van der Waals surface area (Å²) in [6.07, 6.45) is 2.84. The molecule has 0 unspecified atom stereocenters. The Morgan fingerprint density at radius 2 is 1.90 bits per heavy atom. The predicted molar refractivity (Wildman–Crippen MR) is 118 cm³/mol. The van der Waals surface area contributed by atoms with Crippen LogP contribution >= 0.6 is 0 Å². The highest BCUT2D eigenvalue weighted by Gasteiger charge is 2.28. The number of amides is 1. The molecule has 2 aromatic carbocycles. The van der Waals surface area contributed by atoms with E-state index in [2.05, 4.69) is 12.2 Å². The lowest BCUT2D eigenvalue weighted by atomic mass is 10.1. The zero-order chi connectivity index (χ0) is 21.2. The van der Waals surface area contributed by atoms with Crippen LogP contribution in [0.4, 0.5) is 5.69 Å². The van der Waals surface area contributed by atoms with E-state index in [0.29, 0.717) is 26.4 Å². The topological polar surface area (TPSA) is 60.0 Å². The van der Waals surface area contributed by atoms with Crippen molar-refractivity contribution in [3.8, 4) is 11.5 Å². The van der Waals surface area contributed by atoms with Crippen LogP contribution in [-0.2, 0) is 16.1 Å². The van der Waals surface area contributed by atoms with Crippen LogP contribution in [0.25, 0.3) is 0 Å². The van der Waals surface area contributed by atoms with Gasteiger partial charge in [-0.2, -0.15) is 0 Å². The minimum atomic E-state index is 0.126. The number of carbonyl (C=O) groups is 1. The Kier molecular flexibility index (Phi) is 8.53. The lowest BCUT2D eigenvalue weighted by Gasteiger charge is -2.36. The van der Waals surface area contributed by atoms with Crippen molar-refractivity contribution >= 4 is 11.6 Å². The van der Waals surface area contributed by atoms with Gasteiger partial charge >= 0.3 is 0 Å². The summed E-state index contributed by atoms with van der Waals surface area (Å²) in [4.78, 5) is 14.3. The third-order valence-corrected chi connectivity index (χ3v) is 5.18. The van der Waals surface area contributed by atoms with E-state index in [1.807, 2.05) is 53.4 Å². The zero-order valence-electron chi connectivity index (χ0n) is 17.9. The average molecular weight is 413 g/mol. The Labute approximate surface area is 179 Å². The molecule has 0 aliphatic carbocycles. The number of para-hydroxylation sites is 1. The molecular weight excluding hydrogens is 380 g/mol. The average Bonchev–Trinajstić information content (AvgIpc) is 2.77. The quantitative estimate of drug-likeness (QED) is 0.569. The standard InChI is InChI=1S/C24H32N2O4/c1-3-7-21-16-25-17-24(27)26(21)20-10-12-22(13-11-20)30-15-6-14-29-18-19-8-4-5-9-23(19)28-2/h4-5,8-13,21,25H,3,6-7,14-18H2,1-2H3/t21-/m0/s1. The lowest BCUT2D eigenvalue weighted by Crippen LogP contribution is -2.55. The van der Waals surface area contributed by atoms with Gasteiger partial charge in [0.1, 0.15) is 11.5 Å². The third-order valence-electron chi connectivity index (χ3n) is 5.18. The number of carbonyl (C=O) groups excluding carboxylic acids is 1. The highest BCUT2D eigenvalue weighted by atomic mass is 16.5. The number of anilines is 1. The van der Waals surface area contributed by atoms with Crippen LogP contribution in [0.5, 0.6) is 11.5 Å². The highest BCUT2D eigenvalue weighted by Crippen LogP contribution is 2.24. The van der Waals surface area contributed by atoms with Crippen molar-refractivity contribution in [2.75, 3.05) is 38.3 Å². The number of hydrogen-bond acceptors (Lipinski definition) is 5. The Hall–Kier alpha value is -2.57. The molecule has 3 rings (SSSR count). The van der Waals surface area contributed by atoms with E-state index in [0.717, 1.165) is 48.6 Å². The molecule has 0 radical (unpaired) electrons. The fourth-order valence-corrected chi connectivity index (χ4v) is 3.70. The molecule has 6 nitrogen and oxygen atoms in total. The van der Waals surface area contributed by atoms with Crippen molar-refractivity contribution in [1.29, 1.82) is 0 Å². The summed E-state index contributed by atoms with van der Waals surface area (Å²) < 4.78 is 16.9. The summed E-state index contributed by atoms with van der Waals surface area (Å²) in [5, 5.41) is 3.21. The second kappa shape index (κ2) is 11.6. The smallest absolute Gasteiger partial charge is 0.241 e. The number of ether oxygens (including phenoxy) is 3. The Morgan fingerprint density at radius 3 is 2.67 bits per heavy atom. The van der Waals surface area contributed by atoms with Crippen LogP contribution < -0.4 is 19.7 Å². The summed E-state index contributed by atoms with van der Waals surface area (Å²) >= 11 is 0. The number of hydrogen-bond donors (Lipinski definition) is 1. The molecule has 30 heavy (non-hydrogen) atoms. The van der Waals surface area contributed by atoms with Gasteiger partial charge in [0, 0.05) is 30.3 Å². The molecule has 1 heterocycles. The fraction of sp³-hybridized carbons (Fsp3) is 0.458. The number of rotatable bonds is 11. The maximum Gasteiger partial charge on any atom is 0.241 e. The second-order valence-electron chi connectivity index (χ2n) is 7.40. The molecule has 0 bridgehead atoms. The van der Waals surface area contributed by atoms with E-state index in [4.69, 9.17) is 14.2 Å². The summed E-state index contributed by atoms with van der Waals surface area (Å²) in [5.74, 6) is 1.77. The van der Waals surface area contributed by atoms with E-state index >= 15 is 0 Å². The SMILES string of the molecule is CCC[C@H]1CNCC(=O)N1c1ccc(OCCCOCc2ccccc2OC)cc1. The molecule has 1 amide bonds. The molecule has 1 fully saturated rings. The maximum atomic E-state index is 12.4. The van der Waals surface area contributed by atoms with Gasteiger partial charge in [0.2, 0.25) is 5.91 Å². The Bertz CT molecular complexity index is 792. The van der Waals surface area contributed by atoms with Crippen molar-refractivity contribution < 1.29 is 19.0 Å². The van der Waals surface area contributed by atoms with Gasteiger partial charge in [-0.3, -0.25) is 4.79 Å². The van der Waals surface area contributed by atoms with Crippen LogP contribution in [0.2, 0.25) is 0 Å². The van der Waals surface area contributed by atoms with Crippen LogP contribution in [-0.4, -0.2) is 45.4 Å². The molecule has 1 atom stereocenters. The molecule has 1 saturated heterocycles. The van der Waals surface area contributed by atoms with Crippen LogP contribution in [0, 0.1) is 0 Å².